The second-order valence-corrected chi connectivity index (χ2v) is 5.03. The number of benzene rings is 2. The Balaban J connectivity index is 2.00. The van der Waals surface area contributed by atoms with E-state index in [1.165, 1.54) is 11.3 Å². The first-order valence-electron chi connectivity index (χ1n) is 7.35. The molecule has 2 aromatic rings. The number of hydrogen-bond acceptors (Lipinski definition) is 2. The van der Waals surface area contributed by atoms with Crippen LogP contribution in [-0.4, -0.2) is 18.3 Å². The predicted octanol–water partition coefficient (Wildman–Crippen LogP) is 3.86. The maximum absolute atomic E-state index is 8.87. The van der Waals surface area contributed by atoms with Crippen LogP contribution in [0, 0.1) is 0 Å². The fourth-order valence-electron chi connectivity index (χ4n) is 2.33. The quantitative estimate of drug-likeness (QED) is 0.736. The van der Waals surface area contributed by atoms with E-state index in [4.69, 9.17) is 5.11 Å². The SMILES string of the molecule is OCCCCCN(Cc1ccccc1)c1ccccc1. The van der Waals surface area contributed by atoms with Crippen molar-refractivity contribution in [3.8, 4) is 0 Å². The van der Waals surface area contributed by atoms with Crippen LogP contribution in [0.25, 0.3) is 0 Å². The Kier molecular flexibility index (Phi) is 6.12. The Morgan fingerprint density at radius 1 is 0.750 bits per heavy atom. The molecule has 1 N–H and O–H groups in total. The van der Waals surface area contributed by atoms with Gasteiger partial charge in [0.15, 0.2) is 0 Å². The topological polar surface area (TPSA) is 23.5 Å². The molecule has 2 aromatic carbocycles. The van der Waals surface area contributed by atoms with Crippen molar-refractivity contribution in [2.75, 3.05) is 18.1 Å². The van der Waals surface area contributed by atoms with Crippen molar-refractivity contribution < 1.29 is 5.11 Å². The molecule has 0 saturated heterocycles. The Morgan fingerprint density at radius 2 is 1.40 bits per heavy atom. The first kappa shape index (κ1) is 14.6. The zero-order chi connectivity index (χ0) is 14.0. The van der Waals surface area contributed by atoms with Crippen LogP contribution in [0.2, 0.25) is 0 Å². The first-order valence-corrected chi connectivity index (χ1v) is 7.35. The first-order chi connectivity index (χ1) is 9.90. The minimum atomic E-state index is 0.296. The zero-order valence-corrected chi connectivity index (χ0v) is 11.9. The van der Waals surface area contributed by atoms with E-state index in [2.05, 4.69) is 65.6 Å². The molecule has 0 atom stereocenters. The normalized spacial score (nSPS) is 10.4. The lowest BCUT2D eigenvalue weighted by molar-refractivity contribution is 0.283. The Bertz CT molecular complexity index is 469. The highest BCUT2D eigenvalue weighted by molar-refractivity contribution is 5.46. The van der Waals surface area contributed by atoms with Crippen molar-refractivity contribution in [1.29, 1.82) is 0 Å². The molecule has 2 rings (SSSR count). The zero-order valence-electron chi connectivity index (χ0n) is 11.9. The number of unbranched alkanes of at least 4 members (excludes halogenated alkanes) is 2. The molecule has 20 heavy (non-hydrogen) atoms. The Hall–Kier alpha value is -1.80. The second-order valence-electron chi connectivity index (χ2n) is 5.03. The highest BCUT2D eigenvalue weighted by Crippen LogP contribution is 2.17. The van der Waals surface area contributed by atoms with E-state index in [-0.39, 0.29) is 0 Å². The van der Waals surface area contributed by atoms with Crippen molar-refractivity contribution in [3.05, 3.63) is 66.2 Å². The van der Waals surface area contributed by atoms with Gasteiger partial charge in [0, 0.05) is 25.4 Å². The number of para-hydroxylation sites is 1. The molecule has 0 aliphatic carbocycles. The summed E-state index contributed by atoms with van der Waals surface area (Å²) in [6.45, 7) is 2.26. The summed E-state index contributed by atoms with van der Waals surface area (Å²) in [7, 11) is 0. The van der Waals surface area contributed by atoms with Crippen LogP contribution in [-0.2, 0) is 6.54 Å². The fraction of sp³-hybridized carbons (Fsp3) is 0.333. The van der Waals surface area contributed by atoms with Gasteiger partial charge in [-0.3, -0.25) is 0 Å². The van der Waals surface area contributed by atoms with Gasteiger partial charge in [0.05, 0.1) is 0 Å². The van der Waals surface area contributed by atoms with Gasteiger partial charge in [0.1, 0.15) is 0 Å². The van der Waals surface area contributed by atoms with E-state index >= 15 is 0 Å². The van der Waals surface area contributed by atoms with Crippen LogP contribution in [0.4, 0.5) is 5.69 Å². The molecule has 0 aliphatic rings. The molecule has 0 unspecified atom stereocenters. The maximum atomic E-state index is 8.87. The molecule has 0 spiro atoms. The average molecular weight is 269 g/mol. The smallest absolute Gasteiger partial charge is 0.0431 e. The molecule has 0 fully saturated rings. The summed E-state index contributed by atoms with van der Waals surface area (Å²) in [6.07, 6.45) is 3.09. The molecular weight excluding hydrogens is 246 g/mol. The Morgan fingerprint density at radius 3 is 2.05 bits per heavy atom. The van der Waals surface area contributed by atoms with Gasteiger partial charge in [-0.1, -0.05) is 48.5 Å². The number of anilines is 1. The summed E-state index contributed by atoms with van der Waals surface area (Å²) in [6, 6.07) is 21.1. The molecule has 0 bridgehead atoms. The van der Waals surface area contributed by atoms with E-state index in [9.17, 15) is 0 Å². The van der Waals surface area contributed by atoms with Gasteiger partial charge in [-0.15, -0.1) is 0 Å². The minimum Gasteiger partial charge on any atom is -0.396 e. The maximum Gasteiger partial charge on any atom is 0.0431 e. The van der Waals surface area contributed by atoms with E-state index in [1.807, 2.05) is 0 Å². The van der Waals surface area contributed by atoms with Crippen molar-refractivity contribution in [2.45, 2.75) is 25.8 Å². The summed E-state index contributed by atoms with van der Waals surface area (Å²) in [5.74, 6) is 0. The van der Waals surface area contributed by atoms with E-state index in [1.54, 1.807) is 0 Å². The van der Waals surface area contributed by atoms with Gasteiger partial charge in [-0.2, -0.15) is 0 Å². The van der Waals surface area contributed by atoms with E-state index < -0.39 is 0 Å². The third kappa shape index (κ3) is 4.71. The number of hydrogen-bond donors (Lipinski definition) is 1. The monoisotopic (exact) mass is 269 g/mol. The van der Waals surface area contributed by atoms with Crippen LogP contribution in [0.3, 0.4) is 0 Å². The van der Waals surface area contributed by atoms with Crippen LogP contribution in [0.5, 0.6) is 0 Å². The van der Waals surface area contributed by atoms with Crippen LogP contribution in [0.1, 0.15) is 24.8 Å². The molecule has 0 amide bonds. The Labute approximate surface area is 121 Å². The summed E-state index contributed by atoms with van der Waals surface area (Å²) in [5, 5.41) is 8.87. The molecule has 2 heteroatoms. The van der Waals surface area contributed by atoms with Crippen molar-refractivity contribution in [1.82, 2.24) is 0 Å². The van der Waals surface area contributed by atoms with Gasteiger partial charge in [-0.05, 0) is 37.0 Å². The fourth-order valence-corrected chi connectivity index (χ4v) is 2.33. The molecule has 0 aromatic heterocycles. The average Bonchev–Trinajstić information content (AvgIpc) is 2.52. The van der Waals surface area contributed by atoms with Gasteiger partial charge >= 0.3 is 0 Å². The molecule has 106 valence electrons. The molecular formula is C18H23NO. The largest absolute Gasteiger partial charge is 0.396 e. The molecule has 0 radical (unpaired) electrons. The second kappa shape index (κ2) is 8.39. The molecule has 2 nitrogen and oxygen atoms in total. The predicted molar refractivity (Wildman–Crippen MR) is 84.9 cm³/mol. The summed E-state index contributed by atoms with van der Waals surface area (Å²) >= 11 is 0. The van der Waals surface area contributed by atoms with Gasteiger partial charge in [-0.25, -0.2) is 0 Å². The molecule has 0 aliphatic heterocycles. The summed E-state index contributed by atoms with van der Waals surface area (Å²) in [5.41, 5.74) is 2.60. The third-order valence-corrected chi connectivity index (χ3v) is 3.42. The molecule has 0 saturated carbocycles. The highest BCUT2D eigenvalue weighted by Gasteiger charge is 2.06. The van der Waals surface area contributed by atoms with Crippen molar-refractivity contribution >= 4 is 5.69 Å². The lowest BCUT2D eigenvalue weighted by atomic mass is 10.1. The third-order valence-electron chi connectivity index (χ3n) is 3.42. The van der Waals surface area contributed by atoms with E-state index in [0.29, 0.717) is 6.61 Å². The molecule has 0 heterocycles. The number of rotatable bonds is 8. The number of nitrogens with zero attached hydrogens (tertiary/aromatic N) is 1. The lowest BCUT2D eigenvalue weighted by Gasteiger charge is -2.25. The highest BCUT2D eigenvalue weighted by atomic mass is 16.2. The lowest BCUT2D eigenvalue weighted by Crippen LogP contribution is -2.23. The van der Waals surface area contributed by atoms with Crippen molar-refractivity contribution in [2.24, 2.45) is 0 Å². The van der Waals surface area contributed by atoms with Crippen molar-refractivity contribution in [3.63, 3.8) is 0 Å². The number of aliphatic hydroxyl groups excluding tert-OH is 1. The minimum absolute atomic E-state index is 0.296. The number of aliphatic hydroxyl groups is 1. The van der Waals surface area contributed by atoms with E-state index in [0.717, 1.165) is 32.4 Å². The van der Waals surface area contributed by atoms with Crippen LogP contribution < -0.4 is 4.90 Å². The summed E-state index contributed by atoms with van der Waals surface area (Å²) < 4.78 is 0. The summed E-state index contributed by atoms with van der Waals surface area (Å²) in [4.78, 5) is 2.41. The van der Waals surface area contributed by atoms with Gasteiger partial charge < -0.3 is 10.0 Å². The van der Waals surface area contributed by atoms with Crippen LogP contribution in [0.15, 0.2) is 60.7 Å². The standard InChI is InChI=1S/C18H23NO/c20-15-9-3-8-14-19(18-12-6-2-7-13-18)16-17-10-4-1-5-11-17/h1-2,4-7,10-13,20H,3,8-9,14-16H2. The van der Waals surface area contributed by atoms with Crippen LogP contribution >= 0.6 is 0 Å². The van der Waals surface area contributed by atoms with Gasteiger partial charge in [0.2, 0.25) is 0 Å². The van der Waals surface area contributed by atoms with Gasteiger partial charge in [0.25, 0.3) is 0 Å².